The molecule has 1 amide bonds. The Morgan fingerprint density at radius 1 is 1.00 bits per heavy atom. The predicted octanol–water partition coefficient (Wildman–Crippen LogP) is 4.32. The van der Waals surface area contributed by atoms with E-state index in [1.54, 1.807) is 20.3 Å². The molecule has 0 saturated carbocycles. The third-order valence-corrected chi connectivity index (χ3v) is 4.22. The fourth-order valence-electron chi connectivity index (χ4n) is 2.80. The summed E-state index contributed by atoms with van der Waals surface area (Å²) in [6.45, 7) is 4.32. The minimum atomic E-state index is -0.117. The van der Waals surface area contributed by atoms with E-state index in [1.165, 1.54) is 5.56 Å². The SMILES string of the molecule is COc1cc2c(cc1OC)/C(=C/c1ccc(C(C)C)cc1)C(=O)N2. The van der Waals surface area contributed by atoms with Crippen LogP contribution in [0.4, 0.5) is 5.69 Å². The number of rotatable bonds is 4. The third kappa shape index (κ3) is 2.87. The van der Waals surface area contributed by atoms with Crippen molar-refractivity contribution in [1.82, 2.24) is 0 Å². The Labute approximate surface area is 142 Å². The summed E-state index contributed by atoms with van der Waals surface area (Å²) in [5.41, 5.74) is 4.46. The van der Waals surface area contributed by atoms with Crippen LogP contribution >= 0.6 is 0 Å². The predicted molar refractivity (Wildman–Crippen MR) is 96.6 cm³/mol. The van der Waals surface area contributed by atoms with Crippen LogP contribution in [0.2, 0.25) is 0 Å². The molecule has 0 aliphatic carbocycles. The zero-order chi connectivity index (χ0) is 17.3. The van der Waals surface area contributed by atoms with Gasteiger partial charge in [-0.05, 0) is 29.2 Å². The van der Waals surface area contributed by atoms with Crippen molar-refractivity contribution in [2.75, 3.05) is 19.5 Å². The van der Waals surface area contributed by atoms with Crippen LogP contribution in [0.15, 0.2) is 36.4 Å². The van der Waals surface area contributed by atoms with Gasteiger partial charge in [-0.15, -0.1) is 0 Å². The molecule has 1 N–H and O–H groups in total. The molecule has 2 aromatic carbocycles. The Kier molecular flexibility index (Phi) is 4.30. The van der Waals surface area contributed by atoms with E-state index in [4.69, 9.17) is 9.47 Å². The fourth-order valence-corrected chi connectivity index (χ4v) is 2.80. The van der Waals surface area contributed by atoms with E-state index in [-0.39, 0.29) is 5.91 Å². The highest BCUT2D eigenvalue weighted by Gasteiger charge is 2.26. The number of hydrogen-bond donors (Lipinski definition) is 1. The quantitative estimate of drug-likeness (QED) is 0.852. The number of amides is 1. The van der Waals surface area contributed by atoms with Gasteiger partial charge in [0.15, 0.2) is 11.5 Å². The van der Waals surface area contributed by atoms with Crippen LogP contribution in [0.25, 0.3) is 11.6 Å². The summed E-state index contributed by atoms with van der Waals surface area (Å²) in [4.78, 5) is 12.3. The molecule has 4 nitrogen and oxygen atoms in total. The Hall–Kier alpha value is -2.75. The molecule has 4 heteroatoms. The van der Waals surface area contributed by atoms with Gasteiger partial charge in [0.1, 0.15) is 0 Å². The lowest BCUT2D eigenvalue weighted by Crippen LogP contribution is -2.03. The van der Waals surface area contributed by atoms with Crippen molar-refractivity contribution in [1.29, 1.82) is 0 Å². The second kappa shape index (κ2) is 6.40. The molecule has 24 heavy (non-hydrogen) atoms. The van der Waals surface area contributed by atoms with E-state index in [1.807, 2.05) is 24.3 Å². The maximum atomic E-state index is 12.3. The van der Waals surface area contributed by atoms with Gasteiger partial charge in [-0.2, -0.15) is 0 Å². The number of methoxy groups -OCH3 is 2. The molecule has 0 bridgehead atoms. The number of carbonyl (C=O) groups excluding carboxylic acids is 1. The summed E-state index contributed by atoms with van der Waals surface area (Å²) in [6.07, 6.45) is 1.90. The van der Waals surface area contributed by atoms with E-state index >= 15 is 0 Å². The van der Waals surface area contributed by atoms with Crippen molar-refractivity contribution in [3.8, 4) is 11.5 Å². The monoisotopic (exact) mass is 323 g/mol. The van der Waals surface area contributed by atoms with Crippen molar-refractivity contribution >= 4 is 23.2 Å². The molecule has 3 rings (SSSR count). The van der Waals surface area contributed by atoms with Gasteiger partial charge in [-0.1, -0.05) is 38.1 Å². The number of anilines is 1. The normalized spacial score (nSPS) is 14.7. The first-order chi connectivity index (χ1) is 11.5. The molecule has 2 aromatic rings. The lowest BCUT2D eigenvalue weighted by Gasteiger charge is -2.09. The molecule has 0 fully saturated rings. The molecule has 0 unspecified atom stereocenters. The maximum absolute atomic E-state index is 12.3. The third-order valence-electron chi connectivity index (χ3n) is 4.22. The van der Waals surface area contributed by atoms with Crippen molar-refractivity contribution < 1.29 is 14.3 Å². The van der Waals surface area contributed by atoms with Gasteiger partial charge in [0, 0.05) is 17.2 Å². The summed E-state index contributed by atoms with van der Waals surface area (Å²) in [5, 5.41) is 2.88. The van der Waals surface area contributed by atoms with Crippen molar-refractivity contribution in [3.05, 3.63) is 53.1 Å². The van der Waals surface area contributed by atoms with Gasteiger partial charge >= 0.3 is 0 Å². The van der Waals surface area contributed by atoms with Crippen LogP contribution < -0.4 is 14.8 Å². The largest absolute Gasteiger partial charge is 0.493 e. The highest BCUT2D eigenvalue weighted by Crippen LogP contribution is 2.41. The van der Waals surface area contributed by atoms with Crippen molar-refractivity contribution in [2.24, 2.45) is 0 Å². The lowest BCUT2D eigenvalue weighted by atomic mass is 9.99. The number of nitrogens with one attached hydrogen (secondary N) is 1. The Balaban J connectivity index is 2.02. The van der Waals surface area contributed by atoms with E-state index in [9.17, 15) is 4.79 Å². The first-order valence-electron chi connectivity index (χ1n) is 7.93. The highest BCUT2D eigenvalue weighted by atomic mass is 16.5. The summed E-state index contributed by atoms with van der Waals surface area (Å²) >= 11 is 0. The molecule has 0 aromatic heterocycles. The topological polar surface area (TPSA) is 47.6 Å². The number of hydrogen-bond acceptors (Lipinski definition) is 3. The minimum Gasteiger partial charge on any atom is -0.493 e. The van der Waals surface area contributed by atoms with E-state index in [0.29, 0.717) is 23.0 Å². The molecule has 124 valence electrons. The fraction of sp³-hybridized carbons (Fsp3) is 0.250. The van der Waals surface area contributed by atoms with Gasteiger partial charge in [-0.25, -0.2) is 0 Å². The zero-order valence-corrected chi connectivity index (χ0v) is 14.3. The molecule has 1 aliphatic rings. The average molecular weight is 323 g/mol. The van der Waals surface area contributed by atoms with Crippen LogP contribution in [0.1, 0.15) is 36.5 Å². The molecule has 0 spiro atoms. The van der Waals surface area contributed by atoms with Gasteiger partial charge in [-0.3, -0.25) is 4.79 Å². The van der Waals surface area contributed by atoms with Crippen molar-refractivity contribution in [2.45, 2.75) is 19.8 Å². The molecule has 0 saturated heterocycles. The van der Waals surface area contributed by atoms with Crippen LogP contribution in [0.3, 0.4) is 0 Å². The van der Waals surface area contributed by atoms with Crippen molar-refractivity contribution in [3.63, 3.8) is 0 Å². The molecular weight excluding hydrogens is 302 g/mol. The highest BCUT2D eigenvalue weighted by molar-refractivity contribution is 6.35. The summed E-state index contributed by atoms with van der Waals surface area (Å²) < 4.78 is 10.6. The summed E-state index contributed by atoms with van der Waals surface area (Å²) in [5.74, 6) is 1.57. The Bertz CT molecular complexity index is 804. The minimum absolute atomic E-state index is 0.117. The van der Waals surface area contributed by atoms with E-state index in [0.717, 1.165) is 16.8 Å². The summed E-state index contributed by atoms with van der Waals surface area (Å²) in [6, 6.07) is 11.9. The first-order valence-corrected chi connectivity index (χ1v) is 7.93. The van der Waals surface area contributed by atoms with E-state index < -0.39 is 0 Å². The summed E-state index contributed by atoms with van der Waals surface area (Å²) in [7, 11) is 3.16. The standard InChI is InChI=1S/C20H21NO3/c1-12(2)14-7-5-13(6-8-14)9-16-15-10-18(23-3)19(24-4)11-17(15)21-20(16)22/h5-12H,1-4H3,(H,21,22)/b16-9-. The van der Waals surface area contributed by atoms with Gasteiger partial charge in [0.05, 0.1) is 19.9 Å². The zero-order valence-electron chi connectivity index (χ0n) is 14.3. The smallest absolute Gasteiger partial charge is 0.256 e. The first kappa shape index (κ1) is 16.1. The van der Waals surface area contributed by atoms with Gasteiger partial charge < -0.3 is 14.8 Å². The number of ether oxygens (including phenoxy) is 2. The van der Waals surface area contributed by atoms with Gasteiger partial charge in [0.25, 0.3) is 5.91 Å². The molecule has 0 atom stereocenters. The Morgan fingerprint density at radius 3 is 2.21 bits per heavy atom. The van der Waals surface area contributed by atoms with Crippen LogP contribution in [-0.2, 0) is 4.79 Å². The maximum Gasteiger partial charge on any atom is 0.256 e. The number of fused-ring (bicyclic) bond motifs is 1. The van der Waals surface area contributed by atoms with Crippen LogP contribution in [0.5, 0.6) is 11.5 Å². The molecule has 0 radical (unpaired) electrons. The lowest BCUT2D eigenvalue weighted by molar-refractivity contribution is -0.110. The van der Waals surface area contributed by atoms with E-state index in [2.05, 4.69) is 31.3 Å². The molecule has 1 aliphatic heterocycles. The second-order valence-electron chi connectivity index (χ2n) is 6.09. The molecule has 1 heterocycles. The number of benzene rings is 2. The van der Waals surface area contributed by atoms with Crippen LogP contribution in [0, 0.1) is 0 Å². The Morgan fingerprint density at radius 2 is 1.62 bits per heavy atom. The van der Waals surface area contributed by atoms with Crippen LogP contribution in [-0.4, -0.2) is 20.1 Å². The number of carbonyl (C=O) groups is 1. The molecular formula is C20H21NO3. The second-order valence-corrected chi connectivity index (χ2v) is 6.09. The van der Waals surface area contributed by atoms with Gasteiger partial charge in [0.2, 0.25) is 0 Å². The average Bonchev–Trinajstić information content (AvgIpc) is 2.88.